The summed E-state index contributed by atoms with van der Waals surface area (Å²) < 4.78 is 32.9. The van der Waals surface area contributed by atoms with Crippen molar-refractivity contribution in [3.8, 4) is 0 Å². The van der Waals surface area contributed by atoms with Crippen molar-refractivity contribution in [3.63, 3.8) is 0 Å². The summed E-state index contributed by atoms with van der Waals surface area (Å²) in [5.74, 6) is 0.617. The van der Waals surface area contributed by atoms with Gasteiger partial charge in [0.25, 0.3) is 10.0 Å². The lowest BCUT2D eigenvalue weighted by Gasteiger charge is -2.32. The number of furan rings is 1. The minimum Gasteiger partial charge on any atom is -0.447 e. The Morgan fingerprint density at radius 3 is 2.29 bits per heavy atom. The summed E-state index contributed by atoms with van der Waals surface area (Å²) in [6.45, 7) is 13.4. The fraction of sp³-hybridized carbons (Fsp3) is 0.733. The predicted octanol–water partition coefficient (Wildman–Crippen LogP) is 2.88. The lowest BCUT2D eigenvalue weighted by Crippen LogP contribution is -2.45. The molecule has 122 valence electrons. The van der Waals surface area contributed by atoms with E-state index in [-0.39, 0.29) is 10.5 Å². The van der Waals surface area contributed by atoms with Crippen LogP contribution in [0.2, 0.25) is 0 Å². The van der Waals surface area contributed by atoms with E-state index in [2.05, 4.69) is 30.8 Å². The molecule has 0 bridgehead atoms. The number of nitrogens with one attached hydrogen (secondary N) is 2. The Balaban J connectivity index is 2.83. The van der Waals surface area contributed by atoms with Crippen molar-refractivity contribution < 1.29 is 12.8 Å². The Bertz CT molecular complexity index is 554. The zero-order valence-corrected chi connectivity index (χ0v) is 14.7. The molecular formula is C15H28N2O3S. The zero-order chi connectivity index (χ0) is 16.3. The normalized spacial score (nSPS) is 13.6. The molecule has 1 rings (SSSR count). The minimum atomic E-state index is -3.64. The van der Waals surface area contributed by atoms with Gasteiger partial charge in [0.05, 0.1) is 6.54 Å². The SMILES string of the molecule is CCNCc1ccc(S(=O)(=O)NC(C)(C)CC(C)(C)C)o1. The average molecular weight is 316 g/mol. The third-order valence-corrected chi connectivity index (χ3v) is 4.40. The first-order chi connectivity index (χ1) is 9.45. The Morgan fingerprint density at radius 1 is 1.14 bits per heavy atom. The van der Waals surface area contributed by atoms with Crippen LogP contribution in [-0.2, 0) is 16.6 Å². The highest BCUT2D eigenvalue weighted by atomic mass is 32.2. The van der Waals surface area contributed by atoms with E-state index in [4.69, 9.17) is 4.42 Å². The second-order valence-electron chi connectivity index (χ2n) is 7.23. The molecule has 0 spiro atoms. The predicted molar refractivity (Wildman–Crippen MR) is 84.6 cm³/mol. The molecule has 0 saturated carbocycles. The molecule has 0 radical (unpaired) electrons. The molecule has 1 aromatic heterocycles. The fourth-order valence-electron chi connectivity index (χ4n) is 2.62. The first kappa shape index (κ1) is 18.2. The highest BCUT2D eigenvalue weighted by molar-refractivity contribution is 7.89. The van der Waals surface area contributed by atoms with Crippen LogP contribution in [0.1, 0.15) is 53.7 Å². The van der Waals surface area contributed by atoms with Gasteiger partial charge in [0.1, 0.15) is 5.76 Å². The van der Waals surface area contributed by atoms with E-state index in [1.165, 1.54) is 6.07 Å². The van der Waals surface area contributed by atoms with Gasteiger partial charge in [0, 0.05) is 5.54 Å². The lowest BCUT2D eigenvalue weighted by molar-refractivity contribution is 0.267. The summed E-state index contributed by atoms with van der Waals surface area (Å²) in [7, 11) is -3.64. The topological polar surface area (TPSA) is 71.3 Å². The summed E-state index contributed by atoms with van der Waals surface area (Å²) in [5, 5.41) is 3.07. The van der Waals surface area contributed by atoms with Crippen LogP contribution in [0.25, 0.3) is 0 Å². The molecule has 2 N–H and O–H groups in total. The molecule has 0 amide bonds. The van der Waals surface area contributed by atoms with Crippen molar-refractivity contribution in [1.29, 1.82) is 0 Å². The average Bonchev–Trinajstić information content (AvgIpc) is 2.70. The maximum Gasteiger partial charge on any atom is 0.274 e. The van der Waals surface area contributed by atoms with E-state index in [0.717, 1.165) is 13.0 Å². The van der Waals surface area contributed by atoms with Crippen molar-refractivity contribution in [2.45, 2.75) is 65.1 Å². The standard InChI is InChI=1S/C15H28N2O3S/c1-7-16-10-12-8-9-13(20-12)21(18,19)17-15(5,6)11-14(2,3)4/h8-9,16-17H,7,10-11H2,1-6H3. The molecule has 0 atom stereocenters. The third-order valence-electron chi connectivity index (χ3n) is 2.83. The molecule has 0 aliphatic carbocycles. The Hall–Kier alpha value is -0.850. The first-order valence-electron chi connectivity index (χ1n) is 7.29. The van der Waals surface area contributed by atoms with Crippen LogP contribution in [0.3, 0.4) is 0 Å². The summed E-state index contributed by atoms with van der Waals surface area (Å²) >= 11 is 0. The van der Waals surface area contributed by atoms with Crippen LogP contribution in [0.4, 0.5) is 0 Å². The molecule has 0 aliphatic rings. The molecule has 0 aromatic carbocycles. The fourth-order valence-corrected chi connectivity index (χ4v) is 3.99. The van der Waals surface area contributed by atoms with E-state index in [1.54, 1.807) is 6.07 Å². The van der Waals surface area contributed by atoms with Crippen molar-refractivity contribution in [2.24, 2.45) is 5.41 Å². The van der Waals surface area contributed by atoms with Gasteiger partial charge in [0.15, 0.2) is 0 Å². The van der Waals surface area contributed by atoms with Gasteiger partial charge >= 0.3 is 0 Å². The Morgan fingerprint density at radius 2 is 1.76 bits per heavy atom. The largest absolute Gasteiger partial charge is 0.447 e. The van der Waals surface area contributed by atoms with Crippen LogP contribution < -0.4 is 10.0 Å². The van der Waals surface area contributed by atoms with Crippen molar-refractivity contribution in [3.05, 3.63) is 17.9 Å². The summed E-state index contributed by atoms with van der Waals surface area (Å²) in [6.07, 6.45) is 0.726. The van der Waals surface area contributed by atoms with Gasteiger partial charge in [-0.25, -0.2) is 13.1 Å². The van der Waals surface area contributed by atoms with Gasteiger partial charge in [-0.15, -0.1) is 0 Å². The van der Waals surface area contributed by atoms with Crippen molar-refractivity contribution in [1.82, 2.24) is 10.0 Å². The van der Waals surface area contributed by atoms with Gasteiger partial charge in [0.2, 0.25) is 5.09 Å². The van der Waals surface area contributed by atoms with Crippen LogP contribution in [0.15, 0.2) is 21.6 Å². The molecule has 0 saturated heterocycles. The quantitative estimate of drug-likeness (QED) is 0.811. The van der Waals surface area contributed by atoms with Crippen LogP contribution in [-0.4, -0.2) is 20.5 Å². The zero-order valence-electron chi connectivity index (χ0n) is 13.9. The van der Waals surface area contributed by atoms with Gasteiger partial charge in [-0.1, -0.05) is 27.7 Å². The van der Waals surface area contributed by atoms with E-state index in [9.17, 15) is 8.42 Å². The molecule has 0 fully saturated rings. The van der Waals surface area contributed by atoms with E-state index in [1.807, 2.05) is 20.8 Å². The molecule has 21 heavy (non-hydrogen) atoms. The highest BCUT2D eigenvalue weighted by Crippen LogP contribution is 2.28. The van der Waals surface area contributed by atoms with E-state index < -0.39 is 15.6 Å². The van der Waals surface area contributed by atoms with Crippen molar-refractivity contribution in [2.75, 3.05) is 6.54 Å². The first-order valence-corrected chi connectivity index (χ1v) is 8.77. The number of hydrogen-bond acceptors (Lipinski definition) is 4. The van der Waals surface area contributed by atoms with Gasteiger partial charge < -0.3 is 9.73 Å². The van der Waals surface area contributed by atoms with Crippen LogP contribution in [0, 0.1) is 5.41 Å². The van der Waals surface area contributed by atoms with Crippen molar-refractivity contribution >= 4 is 10.0 Å². The summed E-state index contributed by atoms with van der Waals surface area (Å²) in [5.41, 5.74) is -0.503. The van der Waals surface area contributed by atoms with Crippen LogP contribution in [0.5, 0.6) is 0 Å². The summed E-state index contributed by atoms with van der Waals surface area (Å²) in [4.78, 5) is 0. The summed E-state index contributed by atoms with van der Waals surface area (Å²) in [6, 6.07) is 3.19. The molecule has 0 unspecified atom stereocenters. The molecule has 5 nitrogen and oxygen atoms in total. The smallest absolute Gasteiger partial charge is 0.274 e. The lowest BCUT2D eigenvalue weighted by atomic mass is 9.82. The van der Waals surface area contributed by atoms with Gasteiger partial charge in [-0.2, -0.15) is 0 Å². The maximum absolute atomic E-state index is 12.4. The minimum absolute atomic E-state index is 0.0302. The second kappa shape index (κ2) is 6.50. The Kier molecular flexibility index (Phi) is 5.63. The van der Waals surface area contributed by atoms with E-state index in [0.29, 0.717) is 12.3 Å². The monoisotopic (exact) mass is 316 g/mol. The number of sulfonamides is 1. The van der Waals surface area contributed by atoms with Gasteiger partial charge in [-0.3, -0.25) is 0 Å². The maximum atomic E-state index is 12.4. The third kappa shape index (κ3) is 6.20. The molecule has 0 aliphatic heterocycles. The number of rotatable bonds is 7. The molecule has 1 heterocycles. The molecule has 6 heteroatoms. The molecule has 1 aromatic rings. The second-order valence-corrected chi connectivity index (χ2v) is 8.84. The van der Waals surface area contributed by atoms with Gasteiger partial charge in [-0.05, 0) is 44.4 Å². The molecular weight excluding hydrogens is 288 g/mol. The Labute approximate surface area is 128 Å². The van der Waals surface area contributed by atoms with E-state index >= 15 is 0 Å². The highest BCUT2D eigenvalue weighted by Gasteiger charge is 2.31. The van der Waals surface area contributed by atoms with Crippen LogP contribution >= 0.6 is 0 Å². The number of hydrogen-bond donors (Lipinski definition) is 2.